The van der Waals surface area contributed by atoms with E-state index in [1.807, 2.05) is 19.1 Å². The number of anilines is 1. The number of nitrogens with two attached hydrogens (primary N) is 2. The summed E-state index contributed by atoms with van der Waals surface area (Å²) in [5.41, 5.74) is 14.4. The number of pyridine rings is 2. The van der Waals surface area contributed by atoms with Crippen LogP contribution in [-0.4, -0.2) is 29.8 Å². The van der Waals surface area contributed by atoms with Crippen LogP contribution in [0.25, 0.3) is 16.6 Å². The average molecular weight is 353 g/mol. The van der Waals surface area contributed by atoms with Crippen LogP contribution in [0, 0.1) is 5.41 Å². The number of hydrogen-bond donors (Lipinski definition) is 5. The summed E-state index contributed by atoms with van der Waals surface area (Å²) in [5, 5.41) is 13.4. The highest BCUT2D eigenvalue weighted by Crippen LogP contribution is 2.19. The Kier molecular flexibility index (Phi) is 6.55. The Morgan fingerprint density at radius 1 is 1.35 bits per heavy atom. The molecule has 0 fully saturated rings. The number of rotatable bonds is 8. The molecular weight excluding hydrogens is 330 g/mol. The van der Waals surface area contributed by atoms with Gasteiger partial charge in [0.15, 0.2) is 0 Å². The molecule has 136 valence electrons. The molecule has 0 amide bonds. The van der Waals surface area contributed by atoms with Crippen molar-refractivity contribution in [3.8, 4) is 0 Å². The van der Waals surface area contributed by atoms with Gasteiger partial charge in [-0.15, -0.1) is 0 Å². The van der Waals surface area contributed by atoms with Crippen LogP contribution in [0.5, 0.6) is 0 Å². The van der Waals surface area contributed by atoms with Gasteiger partial charge in [-0.1, -0.05) is 0 Å². The molecule has 0 aliphatic rings. The maximum absolute atomic E-state index is 7.52. The second-order valence-electron chi connectivity index (χ2n) is 5.22. The highest BCUT2D eigenvalue weighted by Gasteiger charge is 2.05. The fourth-order valence-electron chi connectivity index (χ4n) is 2.24. The van der Waals surface area contributed by atoms with Gasteiger partial charge in [-0.05, 0) is 25.1 Å². The van der Waals surface area contributed by atoms with Gasteiger partial charge < -0.3 is 32.2 Å². The Morgan fingerprint density at radius 2 is 2.15 bits per heavy atom. The number of nitrogens with zero attached hydrogens (tertiary/aromatic N) is 2. The van der Waals surface area contributed by atoms with Crippen molar-refractivity contribution >= 4 is 28.6 Å². The molecule has 26 heavy (non-hydrogen) atoms. The van der Waals surface area contributed by atoms with Gasteiger partial charge in [-0.3, -0.25) is 4.98 Å². The zero-order valence-corrected chi connectivity index (χ0v) is 14.8. The molecule has 0 unspecified atom stereocenters. The maximum Gasteiger partial charge on any atom is 0.138 e. The molecule has 0 aliphatic carbocycles. The van der Waals surface area contributed by atoms with E-state index in [1.165, 1.54) is 12.4 Å². The molecule has 8 nitrogen and oxygen atoms in total. The number of ether oxygens (including phenoxy) is 1. The first-order chi connectivity index (χ1) is 12.6. The maximum atomic E-state index is 7.52. The summed E-state index contributed by atoms with van der Waals surface area (Å²) < 4.78 is 5.32. The third-order valence-corrected chi connectivity index (χ3v) is 3.37. The van der Waals surface area contributed by atoms with Crippen molar-refractivity contribution in [2.24, 2.45) is 11.5 Å². The van der Waals surface area contributed by atoms with Crippen molar-refractivity contribution in [3.05, 3.63) is 60.0 Å². The molecule has 2 heterocycles. The molecule has 0 atom stereocenters. The van der Waals surface area contributed by atoms with E-state index in [9.17, 15) is 0 Å². The van der Waals surface area contributed by atoms with E-state index in [1.54, 1.807) is 31.6 Å². The average Bonchev–Trinajstić information content (AvgIpc) is 2.65. The van der Waals surface area contributed by atoms with Crippen LogP contribution in [0.3, 0.4) is 0 Å². The monoisotopic (exact) mass is 353 g/mol. The number of allylic oxidation sites excluding steroid dienone is 2. The molecule has 2 rings (SSSR count). The molecule has 0 saturated heterocycles. The van der Waals surface area contributed by atoms with Crippen molar-refractivity contribution in [1.82, 2.24) is 15.3 Å². The largest absolute Gasteiger partial charge is 0.492 e. The normalized spacial score (nSPS) is 12.8. The van der Waals surface area contributed by atoms with Gasteiger partial charge >= 0.3 is 0 Å². The third kappa shape index (κ3) is 4.73. The first kappa shape index (κ1) is 18.8. The van der Waals surface area contributed by atoms with Crippen LogP contribution in [-0.2, 0) is 4.74 Å². The van der Waals surface area contributed by atoms with Crippen LogP contribution in [0.2, 0.25) is 0 Å². The Morgan fingerprint density at radius 3 is 2.81 bits per heavy atom. The Hall–Kier alpha value is -3.55. The van der Waals surface area contributed by atoms with Crippen molar-refractivity contribution < 1.29 is 4.74 Å². The molecule has 0 aromatic carbocycles. The first-order valence-corrected chi connectivity index (χ1v) is 8.05. The summed E-state index contributed by atoms with van der Waals surface area (Å²) >= 11 is 0. The van der Waals surface area contributed by atoms with E-state index in [0.29, 0.717) is 35.1 Å². The SMILES string of the molecule is CCOC(/C=C(\N)Nc1ccc2ncc(/C(C=N)=C/NC)cc2n1)=C/N. The number of fused-ring (bicyclic) bond motifs is 1. The quantitative estimate of drug-likeness (QED) is 0.278. The smallest absolute Gasteiger partial charge is 0.138 e. The Labute approximate surface area is 152 Å². The van der Waals surface area contributed by atoms with Crippen LogP contribution in [0.4, 0.5) is 5.82 Å². The summed E-state index contributed by atoms with van der Waals surface area (Å²) in [5.74, 6) is 1.38. The van der Waals surface area contributed by atoms with Crippen LogP contribution < -0.4 is 22.1 Å². The van der Waals surface area contributed by atoms with Gasteiger partial charge in [0.25, 0.3) is 0 Å². The van der Waals surface area contributed by atoms with Gasteiger partial charge in [-0.25, -0.2) is 4.98 Å². The number of aromatic nitrogens is 2. The number of nitrogens with one attached hydrogen (secondary N) is 3. The molecule has 8 heteroatoms. The lowest BCUT2D eigenvalue weighted by Gasteiger charge is -2.09. The molecule has 0 aliphatic heterocycles. The molecule has 0 saturated carbocycles. The highest BCUT2D eigenvalue weighted by atomic mass is 16.5. The van der Waals surface area contributed by atoms with E-state index in [2.05, 4.69) is 20.6 Å². The van der Waals surface area contributed by atoms with Gasteiger partial charge in [0.2, 0.25) is 0 Å². The Bertz CT molecular complexity index is 871. The van der Waals surface area contributed by atoms with Crippen molar-refractivity contribution in [2.45, 2.75) is 6.92 Å². The van der Waals surface area contributed by atoms with Crippen molar-refractivity contribution in [2.75, 3.05) is 19.0 Å². The fraction of sp³-hybridized carbons (Fsp3) is 0.167. The van der Waals surface area contributed by atoms with Crippen LogP contribution in [0.1, 0.15) is 12.5 Å². The lowest BCUT2D eigenvalue weighted by Crippen LogP contribution is -2.11. The molecule has 0 spiro atoms. The van der Waals surface area contributed by atoms with Crippen LogP contribution in [0.15, 0.2) is 54.5 Å². The highest BCUT2D eigenvalue weighted by molar-refractivity contribution is 6.08. The predicted molar refractivity (Wildman–Crippen MR) is 105 cm³/mol. The third-order valence-electron chi connectivity index (χ3n) is 3.37. The Balaban J connectivity index is 2.31. The predicted octanol–water partition coefficient (Wildman–Crippen LogP) is 1.89. The molecule has 7 N–H and O–H groups in total. The number of hydrogen-bond acceptors (Lipinski definition) is 8. The zero-order chi connectivity index (χ0) is 18.9. The molecule has 2 aromatic rings. The minimum Gasteiger partial charge on any atom is -0.492 e. The summed E-state index contributed by atoms with van der Waals surface area (Å²) in [4.78, 5) is 8.91. The van der Waals surface area contributed by atoms with E-state index in [0.717, 1.165) is 11.1 Å². The summed E-state index contributed by atoms with van der Waals surface area (Å²) in [6.45, 7) is 2.35. The summed E-state index contributed by atoms with van der Waals surface area (Å²) in [6.07, 6.45) is 7.63. The van der Waals surface area contributed by atoms with Gasteiger partial charge in [-0.2, -0.15) is 0 Å². The van der Waals surface area contributed by atoms with Gasteiger partial charge in [0, 0.05) is 49.1 Å². The topological polar surface area (TPSA) is 135 Å². The second kappa shape index (κ2) is 9.07. The fourth-order valence-corrected chi connectivity index (χ4v) is 2.24. The summed E-state index contributed by atoms with van der Waals surface area (Å²) in [7, 11) is 1.78. The van der Waals surface area contributed by atoms with E-state index in [-0.39, 0.29) is 0 Å². The van der Waals surface area contributed by atoms with Crippen molar-refractivity contribution in [3.63, 3.8) is 0 Å². The van der Waals surface area contributed by atoms with Crippen molar-refractivity contribution in [1.29, 1.82) is 5.41 Å². The molecule has 2 aromatic heterocycles. The van der Waals surface area contributed by atoms with Crippen LogP contribution >= 0.6 is 0 Å². The minimum absolute atomic E-state index is 0.348. The second-order valence-corrected chi connectivity index (χ2v) is 5.22. The molecule has 0 radical (unpaired) electrons. The lowest BCUT2D eigenvalue weighted by molar-refractivity contribution is 0.241. The lowest BCUT2D eigenvalue weighted by atomic mass is 10.1. The van der Waals surface area contributed by atoms with E-state index in [4.69, 9.17) is 21.6 Å². The summed E-state index contributed by atoms with van der Waals surface area (Å²) in [6, 6.07) is 5.49. The molecule has 0 bridgehead atoms. The van der Waals surface area contributed by atoms with Gasteiger partial charge in [0.1, 0.15) is 17.4 Å². The first-order valence-electron chi connectivity index (χ1n) is 8.05. The van der Waals surface area contributed by atoms with E-state index < -0.39 is 0 Å². The van der Waals surface area contributed by atoms with E-state index >= 15 is 0 Å². The standard InChI is InChI=1S/C18H23N7O/c1-3-26-14(9-20)7-17(21)25-18-5-4-15-16(24-18)6-12(11-23-15)13(8-19)10-22-2/h4-11,19,22H,3,20-21H2,1-2H3,(H,24,25)/b13-10+,14-9+,17-7+,19-8?. The van der Waals surface area contributed by atoms with Gasteiger partial charge in [0.05, 0.1) is 17.6 Å². The zero-order valence-electron chi connectivity index (χ0n) is 14.8. The minimum atomic E-state index is 0.348. The molecular formula is C18H23N7O.